The molecule has 113 heavy (non-hydrogen) atoms. The predicted octanol–water partition coefficient (Wildman–Crippen LogP) is 19.9. The summed E-state index contributed by atoms with van der Waals surface area (Å²) in [6.07, 6.45) is -32.0. The number of sulfone groups is 2. The Morgan fingerprint density at radius 3 is 0.982 bits per heavy atom. The van der Waals surface area contributed by atoms with Crippen molar-refractivity contribution >= 4 is 134 Å². The van der Waals surface area contributed by atoms with Crippen LogP contribution in [0.15, 0.2) is 206 Å². The van der Waals surface area contributed by atoms with Gasteiger partial charge in [-0.25, -0.2) is 21.2 Å². The Hall–Kier alpha value is -5.29. The Labute approximate surface area is 697 Å². The normalized spacial score (nSPS) is 12.5. The van der Waals surface area contributed by atoms with Crippen LogP contribution in [-0.4, -0.2) is 67.0 Å². The molecule has 0 aliphatic carbocycles. The fraction of sp³-hybridized carbons (Fsp3) is 0.222. The van der Waals surface area contributed by atoms with Crippen LogP contribution in [0.3, 0.4) is 0 Å². The second-order valence-electron chi connectivity index (χ2n) is 21.3. The van der Waals surface area contributed by atoms with Crippen molar-refractivity contribution in [3.05, 3.63) is 260 Å². The molecule has 14 nitrogen and oxygen atoms in total. The molecular formula is C63H42Br5F25N5NaO9S5. The zero-order chi connectivity index (χ0) is 84.6. The third-order valence-corrected chi connectivity index (χ3v) is 20.1. The maximum absolute atomic E-state index is 14.4. The summed E-state index contributed by atoms with van der Waals surface area (Å²) >= 11 is 20.0. The minimum atomic E-state index is -5.26. The van der Waals surface area contributed by atoms with Gasteiger partial charge in [0.1, 0.15) is 6.61 Å². The number of benzene rings is 4. The number of thioether (sulfide) groups is 1. The molecule has 0 amide bonds. The molecule has 0 fully saturated rings. The SMILES string of the molecule is CS(=O)(=O)OCc1ccc(Br)cn1.FC(F)(F)c1cc(S)cc(C(F)(F)F)c1.FC(F)(F)c1cc(SCc2ccc(Br)cn2)cc(C(F)(F)F)c1.O=S(=O)(Cc1ccc(Br)cn1)c1cc(C(F)(F)F)cc(C(F)(F)F)c1.O=S(=O)(c1cc(C(F)(F)F)cc(C(F)(F)F)c1)C(F)c1ccc(Br)cn1.OCc1ccc(Br)cn1.[Na+].[OH-]. The first kappa shape index (κ1) is 104. The van der Waals surface area contributed by atoms with Gasteiger partial charge in [-0.15, -0.1) is 24.4 Å². The minimum absolute atomic E-state index is 0. The van der Waals surface area contributed by atoms with Gasteiger partial charge in [0.25, 0.3) is 10.1 Å². The van der Waals surface area contributed by atoms with Crippen molar-refractivity contribution in [3.8, 4) is 0 Å². The topological polar surface area (TPSA) is 226 Å². The van der Waals surface area contributed by atoms with E-state index in [0.29, 0.717) is 50.3 Å². The summed E-state index contributed by atoms with van der Waals surface area (Å²) in [6, 6.07) is 17.9. The molecule has 0 spiro atoms. The van der Waals surface area contributed by atoms with Gasteiger partial charge in [-0.05, 0) is 213 Å². The van der Waals surface area contributed by atoms with Crippen molar-refractivity contribution in [1.29, 1.82) is 0 Å². The van der Waals surface area contributed by atoms with Gasteiger partial charge in [0.05, 0.1) is 101 Å². The number of halogens is 30. The quantitative estimate of drug-likeness (QED) is 0.0360. The molecule has 0 bridgehead atoms. The van der Waals surface area contributed by atoms with Crippen LogP contribution in [0.2, 0.25) is 0 Å². The Balaban J connectivity index is 0.000000472. The van der Waals surface area contributed by atoms with Gasteiger partial charge in [-0.2, -0.15) is 114 Å². The van der Waals surface area contributed by atoms with E-state index >= 15 is 0 Å². The van der Waals surface area contributed by atoms with E-state index in [9.17, 15) is 135 Å². The van der Waals surface area contributed by atoms with Crippen molar-refractivity contribution in [2.75, 3.05) is 6.26 Å². The summed E-state index contributed by atoms with van der Waals surface area (Å²) in [5.74, 6) is -0.676. The van der Waals surface area contributed by atoms with Crippen molar-refractivity contribution < 1.29 is 179 Å². The molecule has 614 valence electrons. The summed E-state index contributed by atoms with van der Waals surface area (Å²) < 4.78 is 396. The van der Waals surface area contributed by atoms with Crippen molar-refractivity contribution in [1.82, 2.24) is 24.9 Å². The van der Waals surface area contributed by atoms with E-state index in [1.165, 1.54) is 30.6 Å². The Morgan fingerprint density at radius 2 is 0.690 bits per heavy atom. The fourth-order valence-electron chi connectivity index (χ4n) is 7.52. The van der Waals surface area contributed by atoms with Crippen LogP contribution < -0.4 is 29.6 Å². The molecule has 0 saturated carbocycles. The summed E-state index contributed by atoms with van der Waals surface area (Å²) in [4.78, 5) is 16.1. The number of rotatable bonds is 13. The molecule has 0 radical (unpaired) electrons. The van der Waals surface area contributed by atoms with Gasteiger partial charge in [0, 0.05) is 68.9 Å². The molecule has 9 rings (SSSR count). The number of hydrogen-bond donors (Lipinski definition) is 2. The number of alkyl halides is 25. The number of aliphatic hydroxyl groups excluding tert-OH is 1. The number of aliphatic hydroxyl groups is 1. The largest absolute Gasteiger partial charge is 1.00 e. The predicted molar refractivity (Wildman–Crippen MR) is 372 cm³/mol. The van der Waals surface area contributed by atoms with E-state index in [4.69, 9.17) is 5.11 Å². The zero-order valence-electron chi connectivity index (χ0n) is 55.4. The second kappa shape index (κ2) is 42.4. The van der Waals surface area contributed by atoms with Gasteiger partial charge in [0.15, 0.2) is 9.84 Å². The Bertz CT molecular complexity index is 4820. The van der Waals surface area contributed by atoms with Gasteiger partial charge < -0.3 is 10.6 Å². The molecule has 1 atom stereocenters. The van der Waals surface area contributed by atoms with Gasteiger partial charge >= 0.3 is 79.0 Å². The number of aromatic nitrogens is 5. The summed E-state index contributed by atoms with van der Waals surface area (Å²) in [6.45, 7) is -0.0145. The van der Waals surface area contributed by atoms with Crippen LogP contribution in [-0.2, 0) is 108 Å². The second-order valence-corrected chi connectivity index (χ2v) is 33.0. The molecule has 5 aromatic heterocycles. The third-order valence-electron chi connectivity index (χ3n) is 12.7. The molecule has 2 N–H and O–H groups in total. The minimum Gasteiger partial charge on any atom is -0.870 e. The first-order valence-electron chi connectivity index (χ1n) is 28.6. The molecule has 5 heterocycles. The monoisotopic (exact) mass is 2060 g/mol. The van der Waals surface area contributed by atoms with E-state index in [-0.39, 0.29) is 118 Å². The first-order chi connectivity index (χ1) is 50.5. The molecule has 50 heteroatoms. The van der Waals surface area contributed by atoms with Crippen LogP contribution in [0.5, 0.6) is 0 Å². The smallest absolute Gasteiger partial charge is 0.870 e. The molecule has 0 aliphatic heterocycles. The number of thiol groups is 1. The van der Waals surface area contributed by atoms with Gasteiger partial charge in [-0.1, -0.05) is 0 Å². The van der Waals surface area contributed by atoms with Crippen molar-refractivity contribution in [2.45, 2.75) is 99.2 Å². The number of pyridine rings is 5. The van der Waals surface area contributed by atoms with Crippen LogP contribution in [0.1, 0.15) is 78.5 Å². The van der Waals surface area contributed by atoms with E-state index < -0.39 is 150 Å². The third kappa shape index (κ3) is 35.8. The summed E-state index contributed by atoms with van der Waals surface area (Å²) in [5.41, 5.74) is -14.3. The zero-order valence-corrected chi connectivity index (χ0v) is 69.5. The van der Waals surface area contributed by atoms with Crippen LogP contribution in [0.25, 0.3) is 0 Å². The van der Waals surface area contributed by atoms with Crippen molar-refractivity contribution in [2.24, 2.45) is 0 Å². The van der Waals surface area contributed by atoms with E-state index in [0.717, 1.165) is 43.7 Å². The van der Waals surface area contributed by atoms with Crippen molar-refractivity contribution in [3.63, 3.8) is 0 Å². The first-order valence-corrected chi connectivity index (χ1v) is 39.0. The van der Waals surface area contributed by atoms with E-state index in [1.807, 2.05) is 6.07 Å². The molecule has 1 unspecified atom stereocenters. The average Bonchev–Trinajstić information content (AvgIpc) is 0.788. The van der Waals surface area contributed by atoms with E-state index in [1.54, 1.807) is 42.7 Å². The summed E-state index contributed by atoms with van der Waals surface area (Å²) in [5, 5.41) is 8.55. The summed E-state index contributed by atoms with van der Waals surface area (Å²) in [7, 11) is -13.1. The van der Waals surface area contributed by atoms with Crippen LogP contribution in [0, 0.1) is 0 Å². The maximum Gasteiger partial charge on any atom is 1.00 e. The Morgan fingerprint density at radius 1 is 0.407 bits per heavy atom. The Kier molecular flexibility index (Phi) is 38.9. The molecule has 0 aliphatic rings. The molecular weight excluding hydrogens is 2030 g/mol. The maximum atomic E-state index is 14.4. The molecule has 4 aromatic carbocycles. The van der Waals surface area contributed by atoms with E-state index in [2.05, 4.69) is 121 Å². The van der Waals surface area contributed by atoms with Gasteiger partial charge in [0.2, 0.25) is 15.3 Å². The van der Waals surface area contributed by atoms with Crippen LogP contribution in [0.4, 0.5) is 110 Å². The molecule has 9 aromatic rings. The standard InChI is InChI=1S/C14H7BrF7NO2S.C14H8BrF6NO2S.C14H8BrF6NS.C8H4F6S.C7H8BrNO3S.C6H6BrNO.Na.H2O/c15-9-1-2-11(23-6-9)12(16)26(24,25)10-4-7(13(17,18)19)3-8(5-10)14(20,21)22;15-10-1-2-11(22-6-10)7-25(23,24)12-4-8(13(16,17)18)3-9(5-12)14(19,20)21;15-10-1-2-11(22-6-10)7-23-12-4-8(13(16,17)18)3-9(5-12)14(19,20)21;9-7(10,11)4-1-5(8(12,13)14)3-6(15)2-4;1-13(10,11)12-5-7-3-2-6(8)4-9-7;7-5-1-2-6(4-9)8-3-5;;/h1-6,12H;1-6H,7H2;1-6H,7H2;1-3,15H;2-4H,5H2,1H3;1-3,9H,4H2;;1H2/q;;;;;;+1;/p-1. The average molecular weight is 2070 g/mol. The fourth-order valence-corrected chi connectivity index (χ4v) is 12.8. The van der Waals surface area contributed by atoms with Crippen LogP contribution >= 0.6 is 104 Å². The van der Waals surface area contributed by atoms with Gasteiger partial charge in [-0.3, -0.25) is 29.1 Å². The number of nitrogens with zero attached hydrogens (tertiary/aromatic N) is 5. The number of hydrogen-bond acceptors (Lipinski definition) is 16. The molecule has 0 saturated heterocycles.